The number of aromatic nitrogens is 1. The minimum atomic E-state index is 0.924. The van der Waals surface area contributed by atoms with Crippen LogP contribution < -0.4 is 0 Å². The summed E-state index contributed by atoms with van der Waals surface area (Å²) in [5.74, 6) is 0. The van der Waals surface area contributed by atoms with Crippen molar-refractivity contribution in [2.75, 3.05) is 0 Å². The predicted molar refractivity (Wildman–Crippen MR) is 75.6 cm³/mol. The number of hydrogen-bond acceptors (Lipinski definition) is 1. The molecule has 1 aromatic carbocycles. The summed E-state index contributed by atoms with van der Waals surface area (Å²) in [6.45, 7) is 9.34. The molecule has 2 aromatic rings. The highest BCUT2D eigenvalue weighted by molar-refractivity contribution is 5.50. The molecular weight excluding hydrogens is 206 g/mol. The Labute approximate surface area is 103 Å². The van der Waals surface area contributed by atoms with E-state index in [1.54, 1.807) is 12.3 Å². The lowest BCUT2D eigenvalue weighted by molar-refractivity contribution is 1.30. The molecule has 0 radical (unpaired) electrons. The lowest BCUT2D eigenvalue weighted by atomic mass is 10.1. The van der Waals surface area contributed by atoms with E-state index in [1.165, 1.54) is 11.1 Å². The summed E-state index contributed by atoms with van der Waals surface area (Å²) in [6, 6.07) is 13.9. The van der Waals surface area contributed by atoms with Gasteiger partial charge in [-0.1, -0.05) is 49.6 Å². The Morgan fingerprint density at radius 1 is 0.941 bits per heavy atom. The molecule has 0 saturated carbocycles. The van der Waals surface area contributed by atoms with Crippen LogP contribution in [-0.4, -0.2) is 4.98 Å². The Morgan fingerprint density at radius 2 is 1.65 bits per heavy atom. The smallest absolute Gasteiger partial charge is 0.0623 e. The molecule has 1 nitrogen and oxygen atoms in total. The van der Waals surface area contributed by atoms with Crippen LogP contribution in [0.5, 0.6) is 0 Å². The summed E-state index contributed by atoms with van der Waals surface area (Å²) in [4.78, 5) is 3.98. The molecule has 0 aliphatic heterocycles. The van der Waals surface area contributed by atoms with Gasteiger partial charge in [0.2, 0.25) is 0 Å². The topological polar surface area (TPSA) is 12.9 Å². The van der Waals surface area contributed by atoms with Gasteiger partial charge in [-0.05, 0) is 36.3 Å². The first-order chi connectivity index (χ1) is 8.27. The average molecular weight is 223 g/mol. The molecule has 0 saturated heterocycles. The predicted octanol–water partition coefficient (Wildman–Crippen LogP) is 4.36. The molecule has 2 rings (SSSR count). The molecule has 17 heavy (non-hydrogen) atoms. The van der Waals surface area contributed by atoms with Gasteiger partial charge in [0.25, 0.3) is 0 Å². The van der Waals surface area contributed by atoms with Crippen molar-refractivity contribution in [2.45, 2.75) is 6.92 Å². The number of rotatable bonds is 2. The van der Waals surface area contributed by atoms with Crippen molar-refractivity contribution in [1.82, 2.24) is 4.98 Å². The molecular formula is C16H17N. The lowest BCUT2D eigenvalue weighted by Crippen LogP contribution is -1.75. The lowest BCUT2D eigenvalue weighted by Gasteiger charge is -1.95. The van der Waals surface area contributed by atoms with E-state index in [9.17, 15) is 0 Å². The van der Waals surface area contributed by atoms with E-state index in [2.05, 4.69) is 37.2 Å². The first-order valence-electron chi connectivity index (χ1n) is 5.49. The molecule has 86 valence electrons. The molecule has 0 amide bonds. The molecule has 0 unspecified atom stereocenters. The highest BCUT2D eigenvalue weighted by Crippen LogP contribution is 2.06. The van der Waals surface area contributed by atoms with Gasteiger partial charge in [0.1, 0.15) is 0 Å². The summed E-state index contributed by atoms with van der Waals surface area (Å²) in [6.07, 6.45) is 5.34. The fraction of sp³-hybridized carbons (Fsp3) is 0.0625. The van der Waals surface area contributed by atoms with Crippen molar-refractivity contribution >= 4 is 12.2 Å². The molecule has 1 aromatic heterocycles. The van der Waals surface area contributed by atoms with Crippen LogP contribution in [0.1, 0.15) is 16.8 Å². The van der Waals surface area contributed by atoms with Crippen LogP contribution in [0, 0.1) is 6.92 Å². The van der Waals surface area contributed by atoms with Gasteiger partial charge in [0.15, 0.2) is 0 Å². The summed E-state index contributed by atoms with van der Waals surface area (Å²) in [7, 11) is 0. The Morgan fingerprint density at radius 3 is 2.06 bits per heavy atom. The van der Waals surface area contributed by atoms with Crippen LogP contribution in [-0.2, 0) is 0 Å². The maximum absolute atomic E-state index is 3.98. The number of hydrogen-bond donors (Lipinski definition) is 0. The van der Waals surface area contributed by atoms with E-state index >= 15 is 0 Å². The van der Waals surface area contributed by atoms with Crippen molar-refractivity contribution in [3.05, 3.63) is 78.6 Å². The Hall–Kier alpha value is -2.15. The van der Waals surface area contributed by atoms with Gasteiger partial charge in [-0.2, -0.15) is 0 Å². The summed E-state index contributed by atoms with van der Waals surface area (Å²) in [5, 5.41) is 0. The minimum Gasteiger partial charge on any atom is -0.257 e. The Bertz CT molecular complexity index is 472. The van der Waals surface area contributed by atoms with Crippen LogP contribution in [0.2, 0.25) is 0 Å². The second-order valence-corrected chi connectivity index (χ2v) is 3.52. The van der Waals surface area contributed by atoms with Gasteiger partial charge >= 0.3 is 0 Å². The maximum Gasteiger partial charge on any atom is 0.0623 e. The van der Waals surface area contributed by atoms with E-state index in [1.807, 2.05) is 36.4 Å². The second-order valence-electron chi connectivity index (χ2n) is 3.52. The normalized spacial score (nSPS) is 8.76. The third kappa shape index (κ3) is 4.47. The van der Waals surface area contributed by atoms with Gasteiger partial charge < -0.3 is 0 Å². The zero-order chi connectivity index (χ0) is 12.5. The number of pyridine rings is 1. The van der Waals surface area contributed by atoms with Gasteiger partial charge in [-0.3, -0.25) is 4.98 Å². The summed E-state index contributed by atoms with van der Waals surface area (Å²) < 4.78 is 0. The van der Waals surface area contributed by atoms with Crippen molar-refractivity contribution in [2.24, 2.45) is 0 Å². The van der Waals surface area contributed by atoms with Crippen LogP contribution in [0.3, 0.4) is 0 Å². The van der Waals surface area contributed by atoms with Crippen molar-refractivity contribution in [3.8, 4) is 0 Å². The molecule has 1 heteroatoms. The van der Waals surface area contributed by atoms with Crippen LogP contribution in [0.4, 0.5) is 0 Å². The van der Waals surface area contributed by atoms with Gasteiger partial charge in [0, 0.05) is 6.20 Å². The first kappa shape index (κ1) is 12.9. The van der Waals surface area contributed by atoms with E-state index < -0.39 is 0 Å². The first-order valence-corrected chi connectivity index (χ1v) is 5.49. The molecule has 0 fully saturated rings. The van der Waals surface area contributed by atoms with Gasteiger partial charge in [-0.15, -0.1) is 0 Å². The zero-order valence-electron chi connectivity index (χ0n) is 10.1. The highest BCUT2D eigenvalue weighted by Gasteiger charge is 1.86. The SMILES string of the molecule is C=Cc1ccccc1C.C=Cc1ccccn1. The quantitative estimate of drug-likeness (QED) is 0.737. The molecule has 0 N–H and O–H groups in total. The second kappa shape index (κ2) is 7.18. The van der Waals surface area contributed by atoms with Gasteiger partial charge in [-0.25, -0.2) is 0 Å². The fourth-order valence-electron chi connectivity index (χ4n) is 1.31. The van der Waals surface area contributed by atoms with E-state index in [-0.39, 0.29) is 0 Å². The zero-order valence-corrected chi connectivity index (χ0v) is 10.1. The third-order valence-electron chi connectivity index (χ3n) is 2.31. The molecule has 1 heterocycles. The minimum absolute atomic E-state index is 0.924. The van der Waals surface area contributed by atoms with E-state index in [0.717, 1.165) is 5.69 Å². The van der Waals surface area contributed by atoms with E-state index in [0.29, 0.717) is 0 Å². The third-order valence-corrected chi connectivity index (χ3v) is 2.31. The number of benzene rings is 1. The van der Waals surface area contributed by atoms with Gasteiger partial charge in [0.05, 0.1) is 5.69 Å². The molecule has 0 spiro atoms. The standard InChI is InChI=1S/C9H10.C7H7N/c1-3-9-7-5-4-6-8(9)2;1-2-7-5-3-4-6-8-7/h3-7H,1H2,2H3;2-6H,1H2. The summed E-state index contributed by atoms with van der Waals surface area (Å²) >= 11 is 0. The molecule has 0 atom stereocenters. The van der Waals surface area contributed by atoms with Crippen LogP contribution >= 0.6 is 0 Å². The molecule has 0 aliphatic carbocycles. The van der Waals surface area contributed by atoms with Crippen LogP contribution in [0.25, 0.3) is 12.2 Å². The highest BCUT2D eigenvalue weighted by atomic mass is 14.6. The number of aryl methyl sites for hydroxylation is 1. The largest absolute Gasteiger partial charge is 0.257 e. The number of nitrogens with zero attached hydrogens (tertiary/aromatic N) is 1. The Kier molecular flexibility index (Phi) is 5.45. The fourth-order valence-corrected chi connectivity index (χ4v) is 1.31. The molecule has 0 aliphatic rings. The maximum atomic E-state index is 3.98. The Balaban J connectivity index is 0.000000171. The summed E-state index contributed by atoms with van der Waals surface area (Å²) in [5.41, 5.74) is 3.43. The average Bonchev–Trinajstić information content (AvgIpc) is 2.41. The monoisotopic (exact) mass is 223 g/mol. The molecule has 0 bridgehead atoms. The van der Waals surface area contributed by atoms with Crippen LogP contribution in [0.15, 0.2) is 61.8 Å². The van der Waals surface area contributed by atoms with Crippen molar-refractivity contribution in [1.29, 1.82) is 0 Å². The van der Waals surface area contributed by atoms with Crippen molar-refractivity contribution < 1.29 is 0 Å². The van der Waals surface area contributed by atoms with E-state index in [4.69, 9.17) is 0 Å². The van der Waals surface area contributed by atoms with Crippen molar-refractivity contribution in [3.63, 3.8) is 0 Å².